The zero-order valence-electron chi connectivity index (χ0n) is 12.1. The highest BCUT2D eigenvalue weighted by atomic mass is 79.9. The Bertz CT molecular complexity index is 779. The van der Waals surface area contributed by atoms with Gasteiger partial charge in [-0.25, -0.2) is 0 Å². The molecule has 1 amide bonds. The molecule has 1 aromatic heterocycles. The lowest BCUT2D eigenvalue weighted by Crippen LogP contribution is -2.51. The van der Waals surface area contributed by atoms with Crippen molar-refractivity contribution in [3.8, 4) is 0 Å². The minimum atomic E-state index is -0.335. The highest BCUT2D eigenvalue weighted by Gasteiger charge is 2.34. The van der Waals surface area contributed by atoms with E-state index in [-0.39, 0.29) is 17.0 Å². The average Bonchev–Trinajstić information content (AvgIpc) is 2.96. The van der Waals surface area contributed by atoms with Crippen LogP contribution in [0, 0.1) is 0 Å². The van der Waals surface area contributed by atoms with Crippen LogP contribution in [0.3, 0.4) is 0 Å². The Morgan fingerprint density at radius 2 is 2.09 bits per heavy atom. The minimum absolute atomic E-state index is 0.235. The van der Waals surface area contributed by atoms with Crippen molar-refractivity contribution < 1.29 is 4.79 Å². The number of benzene rings is 1. The molecular formula is C16H18BrN3O2. The molecule has 1 heterocycles. The van der Waals surface area contributed by atoms with Crippen molar-refractivity contribution >= 4 is 32.7 Å². The minimum Gasteiger partial charge on any atom is -0.345 e. The van der Waals surface area contributed by atoms with E-state index in [2.05, 4.69) is 26.2 Å². The van der Waals surface area contributed by atoms with E-state index < -0.39 is 0 Å². The van der Waals surface area contributed by atoms with Crippen LogP contribution < -0.4 is 16.6 Å². The quantitative estimate of drug-likeness (QED) is 0.781. The number of pyridine rings is 1. The normalized spacial score (nSPS) is 16.8. The predicted molar refractivity (Wildman–Crippen MR) is 90.0 cm³/mol. The van der Waals surface area contributed by atoms with E-state index in [1.807, 2.05) is 18.2 Å². The number of aromatic amines is 1. The Kier molecular flexibility index (Phi) is 4.06. The molecule has 1 aliphatic rings. The van der Waals surface area contributed by atoms with Crippen molar-refractivity contribution in [3.63, 3.8) is 0 Å². The third-order valence-corrected chi connectivity index (χ3v) is 5.06. The van der Waals surface area contributed by atoms with Crippen LogP contribution in [0.2, 0.25) is 0 Å². The first-order valence-electron chi connectivity index (χ1n) is 7.39. The second-order valence-corrected chi connectivity index (χ2v) is 6.71. The Balaban J connectivity index is 2.04. The van der Waals surface area contributed by atoms with Gasteiger partial charge in [-0.1, -0.05) is 25.0 Å². The van der Waals surface area contributed by atoms with Gasteiger partial charge in [0.25, 0.3) is 5.91 Å². The maximum atomic E-state index is 12.7. The second kappa shape index (κ2) is 5.85. The van der Waals surface area contributed by atoms with Crippen molar-refractivity contribution in [2.24, 2.45) is 5.73 Å². The lowest BCUT2D eigenvalue weighted by molar-refractivity contribution is 0.0904. The molecule has 0 saturated heterocycles. The number of hydrogen-bond donors (Lipinski definition) is 3. The van der Waals surface area contributed by atoms with Gasteiger partial charge in [-0.2, -0.15) is 0 Å². The first-order chi connectivity index (χ1) is 10.5. The van der Waals surface area contributed by atoms with Gasteiger partial charge in [0.2, 0.25) is 5.56 Å². The monoisotopic (exact) mass is 363 g/mol. The van der Waals surface area contributed by atoms with E-state index in [9.17, 15) is 9.59 Å². The molecular weight excluding hydrogens is 346 g/mol. The fourth-order valence-electron chi connectivity index (χ4n) is 3.17. The van der Waals surface area contributed by atoms with Crippen LogP contribution in [0.15, 0.2) is 33.5 Å². The lowest BCUT2D eigenvalue weighted by Gasteiger charge is -2.28. The summed E-state index contributed by atoms with van der Waals surface area (Å²) in [7, 11) is 0. The standard InChI is InChI=1S/C16H18BrN3O2/c17-12-5-3-4-10-11(8-13(21)19-14(10)12)15(22)20-16(9-18)6-1-2-7-16/h3-5,8H,1-2,6-7,9,18H2,(H,19,21)(H,20,22). The van der Waals surface area contributed by atoms with Crippen LogP contribution in [0.4, 0.5) is 0 Å². The molecule has 0 radical (unpaired) electrons. The molecule has 2 aromatic rings. The second-order valence-electron chi connectivity index (χ2n) is 5.86. The first-order valence-corrected chi connectivity index (χ1v) is 8.18. The summed E-state index contributed by atoms with van der Waals surface area (Å²) in [6.07, 6.45) is 3.92. The van der Waals surface area contributed by atoms with Crippen molar-refractivity contribution in [2.45, 2.75) is 31.2 Å². The van der Waals surface area contributed by atoms with Gasteiger partial charge in [0.05, 0.1) is 16.6 Å². The summed E-state index contributed by atoms with van der Waals surface area (Å²) < 4.78 is 0.756. The van der Waals surface area contributed by atoms with Crippen molar-refractivity contribution in [3.05, 3.63) is 44.7 Å². The molecule has 3 rings (SSSR count). The van der Waals surface area contributed by atoms with E-state index in [1.54, 1.807) is 0 Å². The molecule has 0 spiro atoms. The molecule has 0 atom stereocenters. The predicted octanol–water partition coefficient (Wildman–Crippen LogP) is 2.29. The van der Waals surface area contributed by atoms with E-state index >= 15 is 0 Å². The third-order valence-electron chi connectivity index (χ3n) is 4.40. The lowest BCUT2D eigenvalue weighted by atomic mass is 9.96. The highest BCUT2D eigenvalue weighted by Crippen LogP contribution is 2.30. The maximum absolute atomic E-state index is 12.7. The van der Waals surface area contributed by atoms with Gasteiger partial charge in [-0.15, -0.1) is 0 Å². The van der Waals surface area contributed by atoms with Gasteiger partial charge in [0.15, 0.2) is 0 Å². The third kappa shape index (κ3) is 2.68. The molecule has 1 aromatic carbocycles. The summed E-state index contributed by atoms with van der Waals surface area (Å²) in [6.45, 7) is 0.420. The van der Waals surface area contributed by atoms with Crippen molar-refractivity contribution in [2.75, 3.05) is 6.54 Å². The number of fused-ring (bicyclic) bond motifs is 1. The summed E-state index contributed by atoms with van der Waals surface area (Å²) >= 11 is 3.40. The molecule has 22 heavy (non-hydrogen) atoms. The van der Waals surface area contributed by atoms with Crippen LogP contribution in [0.25, 0.3) is 10.9 Å². The number of hydrogen-bond acceptors (Lipinski definition) is 3. The summed E-state index contributed by atoms with van der Waals surface area (Å²) in [5.74, 6) is -0.235. The van der Waals surface area contributed by atoms with E-state index in [4.69, 9.17) is 5.73 Å². The molecule has 116 valence electrons. The fraction of sp³-hybridized carbons (Fsp3) is 0.375. The fourth-order valence-corrected chi connectivity index (χ4v) is 3.64. The Labute approximate surface area is 136 Å². The zero-order chi connectivity index (χ0) is 15.7. The van der Waals surface area contributed by atoms with Gasteiger partial charge in [0, 0.05) is 22.5 Å². The van der Waals surface area contributed by atoms with Gasteiger partial charge in [-0.3, -0.25) is 9.59 Å². The number of halogens is 1. The van der Waals surface area contributed by atoms with Crippen molar-refractivity contribution in [1.82, 2.24) is 10.3 Å². The maximum Gasteiger partial charge on any atom is 0.252 e. The number of carbonyl (C=O) groups excluding carboxylic acids is 1. The molecule has 0 bridgehead atoms. The summed E-state index contributed by atoms with van der Waals surface area (Å²) in [4.78, 5) is 27.3. The molecule has 1 fully saturated rings. The van der Waals surface area contributed by atoms with Crippen LogP contribution >= 0.6 is 15.9 Å². The number of nitrogens with two attached hydrogens (primary N) is 1. The molecule has 6 heteroatoms. The number of nitrogens with one attached hydrogen (secondary N) is 2. The van der Waals surface area contributed by atoms with E-state index in [1.165, 1.54) is 6.07 Å². The molecule has 5 nitrogen and oxygen atoms in total. The van der Waals surface area contributed by atoms with Gasteiger partial charge >= 0.3 is 0 Å². The smallest absolute Gasteiger partial charge is 0.252 e. The zero-order valence-corrected chi connectivity index (χ0v) is 13.7. The van der Waals surface area contributed by atoms with E-state index in [0.29, 0.717) is 17.6 Å². The van der Waals surface area contributed by atoms with Crippen LogP contribution in [-0.2, 0) is 0 Å². The average molecular weight is 364 g/mol. The molecule has 1 aliphatic carbocycles. The van der Waals surface area contributed by atoms with Gasteiger partial charge in [-0.05, 0) is 34.8 Å². The number of aromatic nitrogens is 1. The van der Waals surface area contributed by atoms with Crippen LogP contribution in [0.1, 0.15) is 36.0 Å². The largest absolute Gasteiger partial charge is 0.345 e. The Morgan fingerprint density at radius 3 is 2.77 bits per heavy atom. The van der Waals surface area contributed by atoms with Crippen molar-refractivity contribution in [1.29, 1.82) is 0 Å². The molecule has 1 saturated carbocycles. The number of carbonyl (C=O) groups is 1. The molecule has 0 unspecified atom stereocenters. The Morgan fingerprint density at radius 1 is 1.36 bits per heavy atom. The summed E-state index contributed by atoms with van der Waals surface area (Å²) in [6, 6.07) is 6.85. The number of para-hydroxylation sites is 1. The molecule has 4 N–H and O–H groups in total. The number of amides is 1. The number of rotatable bonds is 3. The van der Waals surface area contributed by atoms with Gasteiger partial charge < -0.3 is 16.0 Å². The summed E-state index contributed by atoms with van der Waals surface area (Å²) in [5, 5.41) is 3.78. The van der Waals surface area contributed by atoms with E-state index in [0.717, 1.165) is 35.5 Å². The molecule has 0 aliphatic heterocycles. The van der Waals surface area contributed by atoms with Gasteiger partial charge in [0.1, 0.15) is 0 Å². The first kappa shape index (κ1) is 15.2. The Hall–Kier alpha value is -1.66. The van der Waals surface area contributed by atoms with Crippen LogP contribution in [0.5, 0.6) is 0 Å². The SMILES string of the molecule is NCC1(NC(=O)c2cc(=O)[nH]c3c(Br)cccc23)CCCC1. The number of H-pyrrole nitrogens is 1. The topological polar surface area (TPSA) is 88.0 Å². The summed E-state index contributed by atoms with van der Waals surface area (Å²) in [5.41, 5.74) is 6.26. The highest BCUT2D eigenvalue weighted by molar-refractivity contribution is 9.10. The van der Waals surface area contributed by atoms with Crippen LogP contribution in [-0.4, -0.2) is 23.0 Å².